The van der Waals surface area contributed by atoms with E-state index in [0.29, 0.717) is 16.6 Å². The summed E-state index contributed by atoms with van der Waals surface area (Å²) < 4.78 is 4.75. The van der Waals surface area contributed by atoms with Crippen molar-refractivity contribution in [2.45, 2.75) is 25.4 Å². The third-order valence-corrected chi connectivity index (χ3v) is 4.19. The number of ether oxygens (including phenoxy) is 1. The van der Waals surface area contributed by atoms with Crippen LogP contribution in [0.15, 0.2) is 18.2 Å². The van der Waals surface area contributed by atoms with Gasteiger partial charge in [-0.15, -0.1) is 12.4 Å². The number of benzene rings is 1. The number of esters is 1. The van der Waals surface area contributed by atoms with Crippen molar-refractivity contribution in [1.82, 2.24) is 10.2 Å². The molecule has 0 atom stereocenters. The third-order valence-electron chi connectivity index (χ3n) is 3.82. The number of nitrogens with zero attached hydrogens (tertiary/aromatic N) is 1. The Hall–Kier alpha value is -0.810. The SMILES string of the molecule is COC(=O)c1ccc(Cl)c(CN(C)C2CCNCC2)c1.Cl. The van der Waals surface area contributed by atoms with Crippen molar-refractivity contribution in [3.63, 3.8) is 0 Å². The summed E-state index contributed by atoms with van der Waals surface area (Å²) in [4.78, 5) is 13.9. The maximum atomic E-state index is 11.6. The number of methoxy groups -OCH3 is 1. The van der Waals surface area contributed by atoms with E-state index in [9.17, 15) is 4.79 Å². The highest BCUT2D eigenvalue weighted by Gasteiger charge is 2.19. The molecular weight excluding hydrogens is 311 g/mol. The zero-order chi connectivity index (χ0) is 14.5. The first kappa shape index (κ1) is 18.2. The minimum atomic E-state index is -0.326. The number of carbonyl (C=O) groups is 1. The Bertz CT molecular complexity index is 477. The molecule has 1 aromatic rings. The molecule has 1 aliphatic rings. The summed E-state index contributed by atoms with van der Waals surface area (Å²) in [5, 5.41) is 4.06. The van der Waals surface area contributed by atoms with Crippen LogP contribution in [0.1, 0.15) is 28.8 Å². The lowest BCUT2D eigenvalue weighted by Crippen LogP contribution is -2.40. The fourth-order valence-corrected chi connectivity index (χ4v) is 2.76. The molecule has 4 nitrogen and oxygen atoms in total. The van der Waals surface area contributed by atoms with Crippen molar-refractivity contribution in [2.75, 3.05) is 27.2 Å². The molecule has 2 rings (SSSR count). The van der Waals surface area contributed by atoms with Gasteiger partial charge in [0.15, 0.2) is 0 Å². The monoisotopic (exact) mass is 332 g/mol. The van der Waals surface area contributed by atoms with Gasteiger partial charge >= 0.3 is 5.97 Å². The average molecular weight is 333 g/mol. The van der Waals surface area contributed by atoms with Crippen LogP contribution in [0.4, 0.5) is 0 Å². The predicted molar refractivity (Wildman–Crippen MR) is 87.4 cm³/mol. The van der Waals surface area contributed by atoms with Crippen LogP contribution in [0.2, 0.25) is 5.02 Å². The van der Waals surface area contributed by atoms with Gasteiger partial charge in [-0.1, -0.05) is 11.6 Å². The molecule has 0 unspecified atom stereocenters. The van der Waals surface area contributed by atoms with Gasteiger partial charge in [0, 0.05) is 17.6 Å². The standard InChI is InChI=1S/C15H21ClN2O2.ClH/c1-18(13-5-7-17-8-6-13)10-12-9-11(15(19)20-2)3-4-14(12)16;/h3-4,9,13,17H,5-8,10H2,1-2H3;1H. The molecule has 1 heterocycles. The van der Waals surface area contributed by atoms with Gasteiger partial charge in [0.1, 0.15) is 0 Å². The molecule has 118 valence electrons. The zero-order valence-corrected chi connectivity index (χ0v) is 14.0. The molecule has 1 aliphatic heterocycles. The molecule has 1 fully saturated rings. The highest BCUT2D eigenvalue weighted by atomic mass is 35.5. The maximum Gasteiger partial charge on any atom is 0.337 e. The first-order valence-corrected chi connectivity index (χ1v) is 7.27. The second-order valence-corrected chi connectivity index (χ2v) is 5.60. The van der Waals surface area contributed by atoms with E-state index in [1.54, 1.807) is 12.1 Å². The van der Waals surface area contributed by atoms with Crippen molar-refractivity contribution >= 4 is 30.0 Å². The molecule has 21 heavy (non-hydrogen) atoms. The van der Waals surface area contributed by atoms with Crippen molar-refractivity contribution in [3.8, 4) is 0 Å². The van der Waals surface area contributed by atoms with Crippen molar-refractivity contribution < 1.29 is 9.53 Å². The number of rotatable bonds is 4. The number of hydrogen-bond donors (Lipinski definition) is 1. The molecule has 1 saturated heterocycles. The van der Waals surface area contributed by atoms with Gasteiger partial charge in [0.05, 0.1) is 12.7 Å². The first-order valence-electron chi connectivity index (χ1n) is 6.89. The van der Waals surface area contributed by atoms with Gasteiger partial charge in [0.25, 0.3) is 0 Å². The topological polar surface area (TPSA) is 41.6 Å². The van der Waals surface area contributed by atoms with Gasteiger partial charge in [-0.2, -0.15) is 0 Å². The van der Waals surface area contributed by atoms with E-state index in [1.807, 2.05) is 6.07 Å². The molecule has 0 aliphatic carbocycles. The fraction of sp³-hybridized carbons (Fsp3) is 0.533. The Morgan fingerprint density at radius 2 is 2.10 bits per heavy atom. The lowest BCUT2D eigenvalue weighted by Gasteiger charge is -2.31. The molecule has 0 amide bonds. The van der Waals surface area contributed by atoms with E-state index in [2.05, 4.69) is 17.3 Å². The smallest absolute Gasteiger partial charge is 0.337 e. The molecule has 0 bridgehead atoms. The summed E-state index contributed by atoms with van der Waals surface area (Å²) in [7, 11) is 3.49. The second kappa shape index (κ2) is 8.59. The lowest BCUT2D eigenvalue weighted by atomic mass is 10.0. The van der Waals surface area contributed by atoms with Crippen LogP contribution >= 0.6 is 24.0 Å². The number of piperidine rings is 1. The Balaban J connectivity index is 0.00000220. The quantitative estimate of drug-likeness (QED) is 0.861. The molecule has 1 aromatic carbocycles. The Labute approximate surface area is 137 Å². The molecule has 0 aromatic heterocycles. The van der Waals surface area contributed by atoms with Gasteiger partial charge in [-0.05, 0) is 56.7 Å². The third kappa shape index (κ3) is 4.85. The van der Waals surface area contributed by atoms with E-state index in [4.69, 9.17) is 16.3 Å². The summed E-state index contributed by atoms with van der Waals surface area (Å²) >= 11 is 6.24. The maximum absolute atomic E-state index is 11.6. The van der Waals surface area contributed by atoms with Crippen LogP contribution in [0.5, 0.6) is 0 Å². The number of halogens is 2. The van der Waals surface area contributed by atoms with Crippen LogP contribution in [-0.4, -0.2) is 44.2 Å². The van der Waals surface area contributed by atoms with E-state index in [0.717, 1.165) is 38.0 Å². The number of carbonyl (C=O) groups excluding carboxylic acids is 1. The summed E-state index contributed by atoms with van der Waals surface area (Å²) in [6.45, 7) is 2.87. The van der Waals surface area contributed by atoms with Crippen LogP contribution in [-0.2, 0) is 11.3 Å². The van der Waals surface area contributed by atoms with Crippen LogP contribution in [0.25, 0.3) is 0 Å². The summed E-state index contributed by atoms with van der Waals surface area (Å²) in [5.74, 6) is -0.326. The van der Waals surface area contributed by atoms with Gasteiger partial charge in [-0.25, -0.2) is 4.79 Å². The van der Waals surface area contributed by atoms with Crippen molar-refractivity contribution in [3.05, 3.63) is 34.3 Å². The van der Waals surface area contributed by atoms with E-state index < -0.39 is 0 Å². The number of nitrogens with one attached hydrogen (secondary N) is 1. The van der Waals surface area contributed by atoms with Crippen LogP contribution in [0.3, 0.4) is 0 Å². The Morgan fingerprint density at radius 3 is 2.71 bits per heavy atom. The Kier molecular flexibility index (Phi) is 7.46. The minimum absolute atomic E-state index is 0. The van der Waals surface area contributed by atoms with E-state index in [-0.39, 0.29) is 18.4 Å². The summed E-state index contributed by atoms with van der Waals surface area (Å²) in [5.41, 5.74) is 1.52. The fourth-order valence-electron chi connectivity index (χ4n) is 2.59. The average Bonchev–Trinajstić information content (AvgIpc) is 2.49. The molecule has 0 radical (unpaired) electrons. The van der Waals surface area contributed by atoms with Gasteiger partial charge < -0.3 is 10.1 Å². The van der Waals surface area contributed by atoms with E-state index in [1.165, 1.54) is 7.11 Å². The molecule has 0 saturated carbocycles. The molecule has 6 heteroatoms. The molecule has 1 N–H and O–H groups in total. The highest BCUT2D eigenvalue weighted by Crippen LogP contribution is 2.22. The van der Waals surface area contributed by atoms with Crippen molar-refractivity contribution in [1.29, 1.82) is 0 Å². The number of hydrogen-bond acceptors (Lipinski definition) is 4. The highest BCUT2D eigenvalue weighted by molar-refractivity contribution is 6.31. The van der Waals surface area contributed by atoms with Gasteiger partial charge in [0.2, 0.25) is 0 Å². The first-order chi connectivity index (χ1) is 9.61. The zero-order valence-electron chi connectivity index (χ0n) is 12.4. The normalized spacial score (nSPS) is 15.6. The Morgan fingerprint density at radius 1 is 1.43 bits per heavy atom. The second-order valence-electron chi connectivity index (χ2n) is 5.19. The largest absolute Gasteiger partial charge is 0.465 e. The summed E-state index contributed by atoms with van der Waals surface area (Å²) in [6, 6.07) is 5.85. The lowest BCUT2D eigenvalue weighted by molar-refractivity contribution is 0.0600. The van der Waals surface area contributed by atoms with Gasteiger partial charge in [-0.3, -0.25) is 4.90 Å². The molecular formula is C15H22Cl2N2O2. The minimum Gasteiger partial charge on any atom is -0.465 e. The van der Waals surface area contributed by atoms with Crippen LogP contribution in [0, 0.1) is 0 Å². The van der Waals surface area contributed by atoms with E-state index >= 15 is 0 Å². The summed E-state index contributed by atoms with van der Waals surface area (Å²) in [6.07, 6.45) is 2.29. The van der Waals surface area contributed by atoms with Crippen molar-refractivity contribution in [2.24, 2.45) is 0 Å². The van der Waals surface area contributed by atoms with Crippen LogP contribution < -0.4 is 5.32 Å². The predicted octanol–water partition coefficient (Wildman–Crippen LogP) is 2.73. The molecule has 0 spiro atoms.